The summed E-state index contributed by atoms with van der Waals surface area (Å²) in [4.78, 5) is 22.1. The summed E-state index contributed by atoms with van der Waals surface area (Å²) in [6, 6.07) is 3.55. The van der Waals surface area contributed by atoms with Gasteiger partial charge in [0.1, 0.15) is 0 Å². The highest BCUT2D eigenvalue weighted by Gasteiger charge is 2.18. The van der Waals surface area contributed by atoms with Crippen LogP contribution < -0.4 is 5.32 Å². The molecule has 22 heavy (non-hydrogen) atoms. The van der Waals surface area contributed by atoms with Gasteiger partial charge in [-0.05, 0) is 37.9 Å². The number of nitro benzene ring substituents is 1. The van der Waals surface area contributed by atoms with E-state index in [4.69, 9.17) is 0 Å². The molecule has 1 N–H and O–H groups in total. The lowest BCUT2D eigenvalue weighted by molar-refractivity contribution is -0.385. The first-order valence-corrected chi connectivity index (χ1v) is 7.16. The Morgan fingerprint density at radius 2 is 1.95 bits per heavy atom. The van der Waals surface area contributed by atoms with Crippen molar-refractivity contribution >= 4 is 49.1 Å². The fourth-order valence-corrected chi connectivity index (χ4v) is 2.89. The molecule has 0 unspecified atom stereocenters. The third kappa shape index (κ3) is 3.47. The van der Waals surface area contributed by atoms with Crippen molar-refractivity contribution in [3.05, 3.63) is 49.1 Å². The van der Waals surface area contributed by atoms with Gasteiger partial charge in [-0.25, -0.2) is 4.68 Å². The Morgan fingerprint density at radius 1 is 1.36 bits per heavy atom. The average molecular weight is 440 g/mol. The topological polar surface area (TPSA) is 90.1 Å². The van der Waals surface area contributed by atoms with E-state index >= 15 is 0 Å². The minimum Gasteiger partial charge on any atom is -0.319 e. The molecule has 0 fully saturated rings. The van der Waals surface area contributed by atoms with E-state index in [1.165, 1.54) is 12.1 Å². The predicted octanol–water partition coefficient (Wildman–Crippen LogP) is 3.96. The van der Waals surface area contributed by atoms with Crippen molar-refractivity contribution < 1.29 is 18.5 Å². The molecule has 0 radical (unpaired) electrons. The molecule has 116 valence electrons. The van der Waals surface area contributed by atoms with Gasteiger partial charge in [-0.1, -0.05) is 0 Å². The van der Waals surface area contributed by atoms with E-state index in [1.54, 1.807) is 0 Å². The second-order valence-electron chi connectivity index (χ2n) is 3.95. The van der Waals surface area contributed by atoms with Crippen LogP contribution in [0, 0.1) is 10.1 Å². The maximum absolute atomic E-state index is 12.4. The van der Waals surface area contributed by atoms with Gasteiger partial charge in [-0.15, -0.1) is 0 Å². The average Bonchev–Trinajstić information content (AvgIpc) is 2.92. The molecule has 0 aliphatic heterocycles. The second-order valence-corrected chi connectivity index (χ2v) is 5.66. The molecular weight excluding hydrogens is 434 g/mol. The van der Waals surface area contributed by atoms with Crippen LogP contribution in [0.1, 0.15) is 17.0 Å². The van der Waals surface area contributed by atoms with Gasteiger partial charge in [0, 0.05) is 27.3 Å². The van der Waals surface area contributed by atoms with Gasteiger partial charge in [0.2, 0.25) is 0 Å². The second kappa shape index (κ2) is 6.48. The molecule has 0 atom stereocenters. The smallest absolute Gasteiger partial charge is 0.319 e. The number of hydrogen-bond acceptors (Lipinski definition) is 4. The summed E-state index contributed by atoms with van der Waals surface area (Å²) in [5, 5.41) is 16.6. The van der Waals surface area contributed by atoms with Crippen LogP contribution in [-0.4, -0.2) is 20.6 Å². The van der Waals surface area contributed by atoms with E-state index in [0.717, 1.165) is 12.3 Å². The molecule has 0 aliphatic carbocycles. The summed E-state index contributed by atoms with van der Waals surface area (Å²) in [7, 11) is 0. The summed E-state index contributed by atoms with van der Waals surface area (Å²) >= 11 is 6.20. The summed E-state index contributed by atoms with van der Waals surface area (Å²) in [5.41, 5.74) is -0.168. The zero-order chi connectivity index (χ0) is 16.4. The molecule has 0 saturated heterocycles. The molecule has 1 heterocycles. The maximum atomic E-state index is 12.4. The fraction of sp³-hybridized carbons (Fsp3) is 0.0909. The number of carbonyl (C=O) groups is 1. The van der Waals surface area contributed by atoms with Crippen LogP contribution in [0.25, 0.3) is 0 Å². The number of anilines is 1. The number of alkyl halides is 2. The van der Waals surface area contributed by atoms with E-state index in [9.17, 15) is 23.7 Å². The number of aromatic nitrogens is 2. The highest BCUT2D eigenvalue weighted by molar-refractivity contribution is 9.11. The lowest BCUT2D eigenvalue weighted by Crippen LogP contribution is -2.14. The van der Waals surface area contributed by atoms with Crippen LogP contribution in [0.2, 0.25) is 0 Å². The van der Waals surface area contributed by atoms with E-state index in [1.807, 2.05) is 0 Å². The first-order valence-electron chi connectivity index (χ1n) is 5.57. The Labute approximate surface area is 138 Å². The highest BCUT2D eigenvalue weighted by atomic mass is 79.9. The van der Waals surface area contributed by atoms with Gasteiger partial charge in [-0.2, -0.15) is 13.9 Å². The molecule has 0 aliphatic rings. The normalized spacial score (nSPS) is 10.8. The highest BCUT2D eigenvalue weighted by Crippen LogP contribution is 2.35. The number of benzene rings is 1. The Kier molecular flexibility index (Phi) is 4.86. The maximum Gasteiger partial charge on any atom is 0.333 e. The number of non-ortho nitro benzene ring substituents is 1. The number of nitro groups is 1. The van der Waals surface area contributed by atoms with Crippen LogP contribution in [0.5, 0.6) is 0 Å². The van der Waals surface area contributed by atoms with Crippen molar-refractivity contribution in [2.75, 3.05) is 5.32 Å². The summed E-state index contributed by atoms with van der Waals surface area (Å²) < 4.78 is 25.7. The Balaban J connectivity index is 2.26. The molecule has 1 aromatic carbocycles. The third-order valence-electron chi connectivity index (χ3n) is 2.52. The SMILES string of the molecule is O=C(Nc1c(Br)cc([N+](=O)[O-])cc1Br)c1ccn(C(F)F)n1. The van der Waals surface area contributed by atoms with Crippen LogP contribution >= 0.6 is 31.9 Å². The van der Waals surface area contributed by atoms with Gasteiger partial charge in [0.25, 0.3) is 11.6 Å². The predicted molar refractivity (Wildman–Crippen MR) is 79.9 cm³/mol. The molecule has 0 saturated carbocycles. The Bertz CT molecular complexity index is 728. The van der Waals surface area contributed by atoms with Crippen molar-refractivity contribution in [1.82, 2.24) is 9.78 Å². The van der Waals surface area contributed by atoms with E-state index < -0.39 is 17.4 Å². The summed E-state index contributed by atoms with van der Waals surface area (Å²) in [6.45, 7) is -2.85. The zero-order valence-corrected chi connectivity index (χ0v) is 13.6. The number of amides is 1. The number of rotatable bonds is 4. The third-order valence-corrected chi connectivity index (χ3v) is 3.77. The molecule has 11 heteroatoms. The minimum atomic E-state index is -2.85. The Morgan fingerprint density at radius 3 is 2.41 bits per heavy atom. The summed E-state index contributed by atoms with van der Waals surface area (Å²) in [6.07, 6.45) is 0.972. The number of carbonyl (C=O) groups excluding carboxylic acids is 1. The van der Waals surface area contributed by atoms with Crippen LogP contribution in [0.15, 0.2) is 33.3 Å². The number of halogens is 4. The van der Waals surface area contributed by atoms with Crippen molar-refractivity contribution in [3.8, 4) is 0 Å². The molecule has 0 bridgehead atoms. The minimum absolute atomic E-state index is 0.182. The lowest BCUT2D eigenvalue weighted by Gasteiger charge is -2.08. The van der Waals surface area contributed by atoms with Gasteiger partial charge in [0.15, 0.2) is 5.69 Å². The molecular formula is C11H6Br2F2N4O3. The van der Waals surface area contributed by atoms with Gasteiger partial charge < -0.3 is 5.32 Å². The van der Waals surface area contributed by atoms with E-state index in [0.29, 0.717) is 4.68 Å². The van der Waals surface area contributed by atoms with Crippen LogP contribution in [0.3, 0.4) is 0 Å². The van der Waals surface area contributed by atoms with E-state index in [2.05, 4.69) is 42.3 Å². The molecule has 2 aromatic rings. The zero-order valence-electron chi connectivity index (χ0n) is 10.5. The van der Waals surface area contributed by atoms with Crippen molar-refractivity contribution in [2.24, 2.45) is 0 Å². The quantitative estimate of drug-likeness (QED) is 0.576. The molecule has 1 amide bonds. The number of nitrogens with zero attached hydrogens (tertiary/aromatic N) is 3. The van der Waals surface area contributed by atoms with Gasteiger partial charge in [-0.3, -0.25) is 14.9 Å². The van der Waals surface area contributed by atoms with Gasteiger partial charge >= 0.3 is 6.55 Å². The molecule has 1 aromatic heterocycles. The first-order chi connectivity index (χ1) is 10.3. The largest absolute Gasteiger partial charge is 0.333 e. The molecule has 0 spiro atoms. The fourth-order valence-electron chi connectivity index (χ4n) is 1.53. The molecule has 2 rings (SSSR count). The van der Waals surface area contributed by atoms with Crippen molar-refractivity contribution in [1.29, 1.82) is 0 Å². The van der Waals surface area contributed by atoms with Crippen LogP contribution in [0.4, 0.5) is 20.2 Å². The van der Waals surface area contributed by atoms with Crippen molar-refractivity contribution in [3.63, 3.8) is 0 Å². The van der Waals surface area contributed by atoms with Crippen LogP contribution in [-0.2, 0) is 0 Å². The summed E-state index contributed by atoms with van der Waals surface area (Å²) in [5.74, 6) is -0.727. The monoisotopic (exact) mass is 438 g/mol. The van der Waals surface area contributed by atoms with Gasteiger partial charge in [0.05, 0.1) is 10.6 Å². The standard InChI is InChI=1S/C11H6Br2F2N4O3/c12-6-3-5(19(21)22)4-7(13)9(6)16-10(20)8-1-2-18(17-8)11(14)15/h1-4,11H,(H,16,20). The Hall–Kier alpha value is -1.88. The van der Waals surface area contributed by atoms with Crippen molar-refractivity contribution in [2.45, 2.75) is 6.55 Å². The number of nitrogens with one attached hydrogen (secondary N) is 1. The lowest BCUT2D eigenvalue weighted by atomic mass is 10.2. The van der Waals surface area contributed by atoms with E-state index in [-0.39, 0.29) is 26.0 Å². The number of hydrogen-bond donors (Lipinski definition) is 1. The molecule has 7 nitrogen and oxygen atoms in total. The first kappa shape index (κ1) is 16.5.